The first-order chi connectivity index (χ1) is 5.65. The fourth-order valence-corrected chi connectivity index (χ4v) is 1.04. The van der Waals surface area contributed by atoms with E-state index in [0.29, 0.717) is 11.7 Å². The lowest BCUT2D eigenvalue weighted by Gasteiger charge is -2.04. The average Bonchev–Trinajstić information content (AvgIpc) is 2.36. The Morgan fingerprint density at radius 1 is 1.58 bits per heavy atom. The second-order valence-corrected chi connectivity index (χ2v) is 3.33. The SMILES string of the molecule is CCC(C)Cc1onc(N)c1C. The number of hydrogen-bond donors (Lipinski definition) is 1. The minimum atomic E-state index is 0.522. The van der Waals surface area contributed by atoms with Crippen molar-refractivity contribution in [1.82, 2.24) is 5.16 Å². The van der Waals surface area contributed by atoms with Crippen molar-refractivity contribution in [1.29, 1.82) is 0 Å². The van der Waals surface area contributed by atoms with Gasteiger partial charge in [-0.1, -0.05) is 25.4 Å². The van der Waals surface area contributed by atoms with Crippen LogP contribution in [0.3, 0.4) is 0 Å². The molecule has 1 aromatic rings. The van der Waals surface area contributed by atoms with Crippen LogP contribution in [0.25, 0.3) is 0 Å². The zero-order valence-electron chi connectivity index (χ0n) is 7.92. The van der Waals surface area contributed by atoms with Crippen molar-refractivity contribution < 1.29 is 4.52 Å². The fraction of sp³-hybridized carbons (Fsp3) is 0.667. The fourth-order valence-electron chi connectivity index (χ4n) is 1.04. The molecule has 2 N–H and O–H groups in total. The van der Waals surface area contributed by atoms with E-state index in [9.17, 15) is 0 Å². The molecule has 0 saturated carbocycles. The van der Waals surface area contributed by atoms with Gasteiger partial charge in [0.25, 0.3) is 0 Å². The predicted molar refractivity (Wildman–Crippen MR) is 48.8 cm³/mol. The Kier molecular flexibility index (Phi) is 2.74. The maximum atomic E-state index is 5.55. The van der Waals surface area contributed by atoms with Crippen LogP contribution in [0.2, 0.25) is 0 Å². The minimum absolute atomic E-state index is 0.522. The number of nitrogens with two attached hydrogens (primary N) is 1. The lowest BCUT2D eigenvalue weighted by atomic mass is 10.0. The van der Waals surface area contributed by atoms with Crippen LogP contribution in [-0.4, -0.2) is 5.16 Å². The van der Waals surface area contributed by atoms with Crippen LogP contribution in [-0.2, 0) is 6.42 Å². The molecule has 0 bridgehead atoms. The van der Waals surface area contributed by atoms with Gasteiger partial charge in [-0.2, -0.15) is 0 Å². The van der Waals surface area contributed by atoms with Gasteiger partial charge in [0.05, 0.1) is 0 Å². The number of hydrogen-bond acceptors (Lipinski definition) is 3. The molecule has 1 heterocycles. The third kappa shape index (κ3) is 1.78. The Hall–Kier alpha value is -0.990. The van der Waals surface area contributed by atoms with E-state index in [1.54, 1.807) is 0 Å². The number of nitrogen functional groups attached to an aromatic ring is 1. The molecule has 3 nitrogen and oxygen atoms in total. The van der Waals surface area contributed by atoms with Crippen molar-refractivity contribution in [3.05, 3.63) is 11.3 Å². The van der Waals surface area contributed by atoms with E-state index in [-0.39, 0.29) is 0 Å². The summed E-state index contributed by atoms with van der Waals surface area (Å²) in [5.41, 5.74) is 6.55. The summed E-state index contributed by atoms with van der Waals surface area (Å²) < 4.78 is 5.09. The second kappa shape index (κ2) is 3.61. The van der Waals surface area contributed by atoms with Crippen LogP contribution in [0.15, 0.2) is 4.52 Å². The van der Waals surface area contributed by atoms with Crippen LogP contribution in [0.1, 0.15) is 31.6 Å². The van der Waals surface area contributed by atoms with Gasteiger partial charge >= 0.3 is 0 Å². The summed E-state index contributed by atoms with van der Waals surface area (Å²) in [5.74, 6) is 2.09. The molecule has 0 aromatic carbocycles. The highest BCUT2D eigenvalue weighted by molar-refractivity contribution is 5.38. The lowest BCUT2D eigenvalue weighted by molar-refractivity contribution is 0.362. The minimum Gasteiger partial charge on any atom is -0.381 e. The molecule has 68 valence electrons. The largest absolute Gasteiger partial charge is 0.381 e. The van der Waals surface area contributed by atoms with Crippen LogP contribution < -0.4 is 5.73 Å². The zero-order chi connectivity index (χ0) is 9.14. The molecule has 1 unspecified atom stereocenters. The van der Waals surface area contributed by atoms with Gasteiger partial charge in [0.2, 0.25) is 0 Å². The Bertz CT molecular complexity index is 255. The van der Waals surface area contributed by atoms with Gasteiger partial charge in [-0.05, 0) is 12.8 Å². The Balaban J connectivity index is 2.69. The standard InChI is InChI=1S/C9H16N2O/c1-4-6(2)5-8-7(3)9(10)11-12-8/h6H,4-5H2,1-3H3,(H2,10,11). The highest BCUT2D eigenvalue weighted by Gasteiger charge is 2.11. The third-order valence-electron chi connectivity index (χ3n) is 2.29. The highest BCUT2D eigenvalue weighted by atomic mass is 16.5. The first-order valence-electron chi connectivity index (χ1n) is 4.35. The van der Waals surface area contributed by atoms with Gasteiger partial charge in [-0.25, -0.2) is 0 Å². The molecule has 0 aliphatic heterocycles. The van der Waals surface area contributed by atoms with E-state index in [4.69, 9.17) is 10.3 Å². The summed E-state index contributed by atoms with van der Waals surface area (Å²) in [7, 11) is 0. The summed E-state index contributed by atoms with van der Waals surface area (Å²) in [6.07, 6.45) is 2.09. The molecular weight excluding hydrogens is 152 g/mol. The van der Waals surface area contributed by atoms with Gasteiger partial charge < -0.3 is 10.3 Å². The first kappa shape index (κ1) is 9.10. The number of rotatable bonds is 3. The van der Waals surface area contributed by atoms with Crippen molar-refractivity contribution >= 4 is 5.82 Å². The van der Waals surface area contributed by atoms with E-state index in [0.717, 1.165) is 24.2 Å². The molecule has 0 saturated heterocycles. The summed E-state index contributed by atoms with van der Waals surface area (Å²) in [5, 5.41) is 3.71. The molecule has 1 atom stereocenters. The highest BCUT2D eigenvalue weighted by Crippen LogP contribution is 2.19. The van der Waals surface area contributed by atoms with Crippen molar-refractivity contribution in [3.63, 3.8) is 0 Å². The molecule has 0 spiro atoms. The molecule has 0 radical (unpaired) electrons. The molecule has 12 heavy (non-hydrogen) atoms. The topological polar surface area (TPSA) is 52.0 Å². The quantitative estimate of drug-likeness (QED) is 0.752. The average molecular weight is 168 g/mol. The van der Waals surface area contributed by atoms with Crippen LogP contribution in [0, 0.1) is 12.8 Å². The van der Waals surface area contributed by atoms with E-state index in [1.807, 2.05) is 6.92 Å². The Morgan fingerprint density at radius 2 is 2.25 bits per heavy atom. The smallest absolute Gasteiger partial charge is 0.169 e. The number of nitrogens with zero attached hydrogens (tertiary/aromatic N) is 1. The molecule has 0 amide bonds. The van der Waals surface area contributed by atoms with E-state index in [1.165, 1.54) is 0 Å². The van der Waals surface area contributed by atoms with E-state index in [2.05, 4.69) is 19.0 Å². The molecule has 3 heteroatoms. The van der Waals surface area contributed by atoms with Crippen molar-refractivity contribution in [3.8, 4) is 0 Å². The van der Waals surface area contributed by atoms with Gasteiger partial charge in [-0.15, -0.1) is 0 Å². The summed E-state index contributed by atoms with van der Waals surface area (Å²) in [6, 6.07) is 0. The second-order valence-electron chi connectivity index (χ2n) is 3.33. The molecule has 1 aromatic heterocycles. The third-order valence-corrected chi connectivity index (χ3v) is 2.29. The van der Waals surface area contributed by atoms with Gasteiger partial charge in [-0.3, -0.25) is 0 Å². The molecule has 0 aliphatic carbocycles. The first-order valence-corrected chi connectivity index (χ1v) is 4.35. The molecule has 0 fully saturated rings. The van der Waals surface area contributed by atoms with Crippen LogP contribution in [0.4, 0.5) is 5.82 Å². The van der Waals surface area contributed by atoms with Crippen molar-refractivity contribution in [2.24, 2.45) is 5.92 Å². The van der Waals surface area contributed by atoms with Crippen molar-refractivity contribution in [2.75, 3.05) is 5.73 Å². The van der Waals surface area contributed by atoms with Gasteiger partial charge in [0.1, 0.15) is 5.76 Å². The van der Waals surface area contributed by atoms with E-state index >= 15 is 0 Å². The predicted octanol–water partition coefficient (Wildman–Crippen LogP) is 2.15. The summed E-state index contributed by atoms with van der Waals surface area (Å²) in [4.78, 5) is 0. The Labute approximate surface area is 72.9 Å². The van der Waals surface area contributed by atoms with Crippen molar-refractivity contribution in [2.45, 2.75) is 33.6 Å². The maximum Gasteiger partial charge on any atom is 0.169 e. The van der Waals surface area contributed by atoms with Gasteiger partial charge in [0.15, 0.2) is 5.82 Å². The normalized spacial score (nSPS) is 13.2. The number of aromatic nitrogens is 1. The summed E-state index contributed by atoms with van der Waals surface area (Å²) >= 11 is 0. The monoisotopic (exact) mass is 168 g/mol. The lowest BCUT2D eigenvalue weighted by Crippen LogP contribution is -1.98. The Morgan fingerprint density at radius 3 is 2.67 bits per heavy atom. The van der Waals surface area contributed by atoms with Crippen LogP contribution in [0.5, 0.6) is 0 Å². The zero-order valence-corrected chi connectivity index (χ0v) is 7.92. The molecule has 0 aliphatic rings. The van der Waals surface area contributed by atoms with Gasteiger partial charge in [0, 0.05) is 12.0 Å². The number of anilines is 1. The molecular formula is C9H16N2O. The van der Waals surface area contributed by atoms with Crippen LogP contribution >= 0.6 is 0 Å². The maximum absolute atomic E-state index is 5.55. The summed E-state index contributed by atoms with van der Waals surface area (Å²) in [6.45, 7) is 6.31. The van der Waals surface area contributed by atoms with E-state index < -0.39 is 0 Å². The molecule has 1 rings (SSSR count).